The molecule has 0 bridgehead atoms. The summed E-state index contributed by atoms with van der Waals surface area (Å²) in [5, 5.41) is 17.3. The molecule has 3 aromatic rings. The van der Waals surface area contributed by atoms with E-state index in [0.29, 0.717) is 11.4 Å². The van der Waals surface area contributed by atoms with Gasteiger partial charge in [0, 0.05) is 31.6 Å². The van der Waals surface area contributed by atoms with Crippen LogP contribution in [-0.4, -0.2) is 37.8 Å². The lowest BCUT2D eigenvalue weighted by molar-refractivity contribution is -0.119. The molecule has 0 saturated heterocycles. The fourth-order valence-corrected chi connectivity index (χ4v) is 4.59. The van der Waals surface area contributed by atoms with Gasteiger partial charge in [-0.2, -0.15) is 10.2 Å². The molecule has 1 aliphatic rings. The van der Waals surface area contributed by atoms with Crippen molar-refractivity contribution in [3.63, 3.8) is 0 Å². The maximum Gasteiger partial charge on any atom is 0.270 e. The number of aromatic amines is 1. The largest absolute Gasteiger partial charge is 0.339 e. The van der Waals surface area contributed by atoms with Gasteiger partial charge in [-0.1, -0.05) is 31.4 Å². The van der Waals surface area contributed by atoms with E-state index in [0.717, 1.165) is 48.2 Å². The lowest BCUT2D eigenvalue weighted by Gasteiger charge is -2.30. The molecule has 170 valence electrons. The third kappa shape index (κ3) is 4.59. The second-order valence-electron chi connectivity index (χ2n) is 8.56. The Balaban J connectivity index is 0.00000306. The van der Waals surface area contributed by atoms with Gasteiger partial charge < -0.3 is 10.6 Å². The number of aryl methyl sites for hydroxylation is 3. The summed E-state index contributed by atoms with van der Waals surface area (Å²) < 4.78 is 1.52. The smallest absolute Gasteiger partial charge is 0.270 e. The fraction of sp³-hybridized carbons (Fsp3) is 0.417. The molecule has 1 saturated carbocycles. The minimum Gasteiger partial charge on any atom is -0.339 e. The first kappa shape index (κ1) is 21.8. The van der Waals surface area contributed by atoms with Crippen molar-refractivity contribution in [2.45, 2.75) is 52.0 Å². The van der Waals surface area contributed by atoms with Gasteiger partial charge in [0.1, 0.15) is 11.7 Å². The van der Waals surface area contributed by atoms with Crippen molar-refractivity contribution < 1.29 is 11.0 Å². The van der Waals surface area contributed by atoms with E-state index in [1.54, 1.807) is 19.3 Å². The molecule has 2 aromatic heterocycles. The zero-order chi connectivity index (χ0) is 22.7. The topological polar surface area (TPSA) is 105 Å². The Bertz CT molecular complexity index is 1080. The molecule has 0 aliphatic heterocycles. The van der Waals surface area contributed by atoms with Crippen LogP contribution in [0.3, 0.4) is 0 Å². The minimum atomic E-state index is -0.587. The van der Waals surface area contributed by atoms with Crippen LogP contribution in [0.15, 0.2) is 36.5 Å². The lowest BCUT2D eigenvalue weighted by Crippen LogP contribution is -2.49. The average molecular weight is 437 g/mol. The Morgan fingerprint density at radius 3 is 2.44 bits per heavy atom. The number of carbonyl (C=O) groups excluding carboxylic acids is 2. The van der Waals surface area contributed by atoms with Crippen LogP contribution in [0.2, 0.25) is 0 Å². The Kier molecular flexibility index (Phi) is 6.39. The maximum absolute atomic E-state index is 13.3. The van der Waals surface area contributed by atoms with Crippen molar-refractivity contribution >= 4 is 17.5 Å². The third-order valence-corrected chi connectivity index (χ3v) is 6.31. The van der Waals surface area contributed by atoms with Gasteiger partial charge in [0.25, 0.3) is 5.91 Å². The van der Waals surface area contributed by atoms with Crippen molar-refractivity contribution in [1.29, 1.82) is 0 Å². The van der Waals surface area contributed by atoms with E-state index in [1.807, 2.05) is 38.1 Å². The molecule has 3 N–H and O–H groups in total. The molecule has 8 nitrogen and oxygen atoms in total. The second kappa shape index (κ2) is 9.38. The van der Waals surface area contributed by atoms with Crippen molar-refractivity contribution in [3.05, 3.63) is 53.6 Å². The van der Waals surface area contributed by atoms with Crippen LogP contribution < -0.4 is 10.6 Å². The summed E-state index contributed by atoms with van der Waals surface area (Å²) in [6, 6.07) is 8.80. The van der Waals surface area contributed by atoms with Gasteiger partial charge in [0.05, 0.1) is 5.69 Å². The molecule has 2 heterocycles. The van der Waals surface area contributed by atoms with Crippen LogP contribution in [0, 0.1) is 19.8 Å². The van der Waals surface area contributed by atoms with Crippen LogP contribution in [0.1, 0.15) is 55.4 Å². The lowest BCUT2D eigenvalue weighted by atomic mass is 9.83. The summed E-state index contributed by atoms with van der Waals surface area (Å²) in [4.78, 5) is 26.1. The van der Waals surface area contributed by atoms with Gasteiger partial charge in [-0.15, -0.1) is 0 Å². The van der Waals surface area contributed by atoms with Crippen LogP contribution >= 0.6 is 0 Å². The molecule has 0 spiro atoms. The number of anilines is 1. The van der Waals surface area contributed by atoms with E-state index in [4.69, 9.17) is 0 Å². The molecule has 0 unspecified atom stereocenters. The highest BCUT2D eigenvalue weighted by Gasteiger charge is 2.31. The molecule has 0 radical (unpaired) electrons. The molecule has 2 amide bonds. The number of nitrogens with one attached hydrogen (secondary N) is 3. The third-order valence-electron chi connectivity index (χ3n) is 6.31. The van der Waals surface area contributed by atoms with Gasteiger partial charge in [-0.25, -0.2) is 0 Å². The van der Waals surface area contributed by atoms with Gasteiger partial charge >= 0.3 is 0 Å². The number of benzene rings is 1. The van der Waals surface area contributed by atoms with Gasteiger partial charge in [-0.3, -0.25) is 19.4 Å². The van der Waals surface area contributed by atoms with Crippen LogP contribution in [0.25, 0.3) is 11.1 Å². The van der Waals surface area contributed by atoms with E-state index in [1.165, 1.54) is 11.1 Å². The number of amides is 2. The molecule has 1 aromatic carbocycles. The number of H-pyrrole nitrogens is 1. The molecule has 32 heavy (non-hydrogen) atoms. The predicted octanol–water partition coefficient (Wildman–Crippen LogP) is 3.99. The molecule has 1 fully saturated rings. The Labute approximate surface area is 189 Å². The summed E-state index contributed by atoms with van der Waals surface area (Å²) in [6.07, 6.45) is 6.77. The summed E-state index contributed by atoms with van der Waals surface area (Å²) in [7, 11) is 1.72. The molecule has 4 rings (SSSR count). The Hall–Kier alpha value is -3.42. The monoisotopic (exact) mass is 436 g/mol. The number of aromatic nitrogens is 4. The zero-order valence-corrected chi connectivity index (χ0v) is 18.8. The highest BCUT2D eigenvalue weighted by atomic mass is 16.2. The summed E-state index contributed by atoms with van der Waals surface area (Å²) in [5.74, 6) is -0.343. The molecule has 1 atom stereocenters. The zero-order valence-electron chi connectivity index (χ0n) is 18.8. The minimum absolute atomic E-state index is 0. The summed E-state index contributed by atoms with van der Waals surface area (Å²) in [6.45, 7) is 3.96. The van der Waals surface area contributed by atoms with Crippen LogP contribution in [-0.2, 0) is 11.8 Å². The SMILES string of the molecule is Cc1n[nH]c(C)c1-c1ccc(NC(=O)[C@@H](NC(=O)c2ccnn2C)C2CCCCC2)cc1.[HH]. The normalized spacial score (nSPS) is 15.3. The standard InChI is InChI=1S/C24H30N6O2.H2/c1-15-21(16(2)29-28-15)17-9-11-19(12-10-17)26-24(32)22(18-7-5-4-6-8-18)27-23(31)20-13-14-25-30(20)3;/h9-14,18,22H,4-8H2,1-3H3,(H,26,32)(H,27,31)(H,28,29);1H/t22-;/m0./s1. The maximum atomic E-state index is 13.3. The van der Waals surface area contributed by atoms with Crippen molar-refractivity contribution in [1.82, 2.24) is 25.3 Å². The first-order valence-electron chi connectivity index (χ1n) is 11.2. The average Bonchev–Trinajstić information content (AvgIpc) is 3.37. The molecular formula is C24H32N6O2. The Morgan fingerprint density at radius 1 is 1.12 bits per heavy atom. The molecule has 8 heteroatoms. The quantitative estimate of drug-likeness (QED) is 0.543. The first-order valence-corrected chi connectivity index (χ1v) is 11.2. The van der Waals surface area contributed by atoms with Crippen LogP contribution in [0.5, 0.6) is 0 Å². The fourth-order valence-electron chi connectivity index (χ4n) is 4.59. The molecular weight excluding hydrogens is 404 g/mol. The highest BCUT2D eigenvalue weighted by molar-refractivity contribution is 6.00. The van der Waals surface area contributed by atoms with Crippen LogP contribution in [0.4, 0.5) is 5.69 Å². The van der Waals surface area contributed by atoms with E-state index in [2.05, 4.69) is 25.9 Å². The van der Waals surface area contributed by atoms with E-state index in [9.17, 15) is 9.59 Å². The van der Waals surface area contributed by atoms with Crippen molar-refractivity contribution in [2.75, 3.05) is 5.32 Å². The van der Waals surface area contributed by atoms with E-state index in [-0.39, 0.29) is 19.2 Å². The van der Waals surface area contributed by atoms with E-state index < -0.39 is 6.04 Å². The van der Waals surface area contributed by atoms with Crippen molar-refractivity contribution in [2.24, 2.45) is 13.0 Å². The number of rotatable bonds is 6. The van der Waals surface area contributed by atoms with Gasteiger partial charge in [-0.05, 0) is 56.4 Å². The molecule has 1 aliphatic carbocycles. The van der Waals surface area contributed by atoms with Gasteiger partial charge in [0.2, 0.25) is 5.91 Å². The first-order chi connectivity index (χ1) is 15.4. The second-order valence-corrected chi connectivity index (χ2v) is 8.56. The predicted molar refractivity (Wildman–Crippen MR) is 125 cm³/mol. The summed E-state index contributed by atoms with van der Waals surface area (Å²) >= 11 is 0. The highest BCUT2D eigenvalue weighted by Crippen LogP contribution is 2.29. The van der Waals surface area contributed by atoms with Crippen molar-refractivity contribution in [3.8, 4) is 11.1 Å². The number of carbonyl (C=O) groups is 2. The van der Waals surface area contributed by atoms with Gasteiger partial charge in [0.15, 0.2) is 0 Å². The van der Waals surface area contributed by atoms with E-state index >= 15 is 0 Å². The number of hydrogen-bond donors (Lipinski definition) is 3. The number of nitrogens with zero attached hydrogens (tertiary/aromatic N) is 3. The summed E-state index contributed by atoms with van der Waals surface area (Å²) in [5.41, 5.74) is 5.21. The Morgan fingerprint density at radius 2 is 1.84 bits per heavy atom. The number of hydrogen-bond acceptors (Lipinski definition) is 4.